The Morgan fingerprint density at radius 2 is 2.00 bits per heavy atom. The van der Waals surface area contributed by atoms with Crippen molar-refractivity contribution in [2.75, 3.05) is 5.32 Å². The van der Waals surface area contributed by atoms with Crippen LogP contribution in [0.2, 0.25) is 0 Å². The lowest BCUT2D eigenvalue weighted by Gasteiger charge is -2.15. The van der Waals surface area contributed by atoms with Crippen molar-refractivity contribution in [3.63, 3.8) is 0 Å². The minimum atomic E-state index is -0.700. The fraction of sp³-hybridized carbons (Fsp3) is 0.238. The first-order chi connectivity index (χ1) is 12.5. The monoisotopic (exact) mass is 351 g/mol. The molecule has 0 aliphatic carbocycles. The van der Waals surface area contributed by atoms with Crippen LogP contribution in [-0.4, -0.2) is 12.0 Å². The van der Waals surface area contributed by atoms with E-state index in [2.05, 4.69) is 5.32 Å². The van der Waals surface area contributed by atoms with Gasteiger partial charge in [0.2, 0.25) is 0 Å². The van der Waals surface area contributed by atoms with Crippen molar-refractivity contribution in [1.29, 1.82) is 0 Å². The van der Waals surface area contributed by atoms with Gasteiger partial charge in [-0.15, -0.1) is 0 Å². The van der Waals surface area contributed by atoms with E-state index in [0.717, 1.165) is 28.6 Å². The third kappa shape index (κ3) is 3.94. The van der Waals surface area contributed by atoms with Gasteiger partial charge in [0.25, 0.3) is 5.91 Å². The van der Waals surface area contributed by atoms with Crippen LogP contribution >= 0.6 is 0 Å². The normalized spacial score (nSPS) is 12.0. The van der Waals surface area contributed by atoms with E-state index in [9.17, 15) is 9.59 Å². The molecule has 1 aromatic heterocycles. The molecule has 26 heavy (non-hydrogen) atoms. The van der Waals surface area contributed by atoms with Crippen LogP contribution in [0.15, 0.2) is 57.7 Å². The average molecular weight is 351 g/mol. The predicted molar refractivity (Wildman–Crippen MR) is 102 cm³/mol. The maximum absolute atomic E-state index is 12.3. The molecule has 2 aromatic carbocycles. The molecule has 134 valence electrons. The number of carbonyl (C=O) groups is 1. The lowest BCUT2D eigenvalue weighted by atomic mass is 10.1. The Labute approximate surface area is 151 Å². The topological polar surface area (TPSA) is 68.5 Å². The molecule has 0 saturated carbocycles. The van der Waals surface area contributed by atoms with Gasteiger partial charge in [0.15, 0.2) is 6.10 Å². The van der Waals surface area contributed by atoms with Crippen LogP contribution in [0.4, 0.5) is 5.69 Å². The van der Waals surface area contributed by atoms with Gasteiger partial charge < -0.3 is 14.5 Å². The quantitative estimate of drug-likeness (QED) is 0.704. The highest BCUT2D eigenvalue weighted by atomic mass is 16.5. The van der Waals surface area contributed by atoms with Gasteiger partial charge in [-0.3, -0.25) is 4.79 Å². The highest BCUT2D eigenvalue weighted by Gasteiger charge is 2.16. The summed E-state index contributed by atoms with van der Waals surface area (Å²) in [5, 5.41) is 3.70. The summed E-state index contributed by atoms with van der Waals surface area (Å²) in [7, 11) is 0. The number of hydrogen-bond acceptors (Lipinski definition) is 4. The molecule has 0 unspecified atom stereocenters. The second kappa shape index (κ2) is 7.44. The predicted octanol–water partition coefficient (Wildman–Crippen LogP) is 4.07. The van der Waals surface area contributed by atoms with E-state index in [1.54, 1.807) is 19.1 Å². The second-order valence-electron chi connectivity index (χ2n) is 6.22. The number of hydrogen-bond donors (Lipinski definition) is 1. The van der Waals surface area contributed by atoms with E-state index in [4.69, 9.17) is 9.15 Å². The Kier molecular flexibility index (Phi) is 5.07. The molecule has 1 heterocycles. The first-order valence-electron chi connectivity index (χ1n) is 8.57. The number of rotatable bonds is 5. The van der Waals surface area contributed by atoms with Gasteiger partial charge in [0, 0.05) is 23.2 Å². The van der Waals surface area contributed by atoms with Gasteiger partial charge in [0.1, 0.15) is 11.3 Å². The Hall–Kier alpha value is -3.08. The number of ether oxygens (including phenoxy) is 1. The number of carbonyl (C=O) groups excluding carboxylic acids is 1. The fourth-order valence-corrected chi connectivity index (χ4v) is 2.80. The molecule has 3 rings (SSSR count). The molecule has 0 fully saturated rings. The smallest absolute Gasteiger partial charge is 0.336 e. The lowest BCUT2D eigenvalue weighted by molar-refractivity contribution is -0.122. The molecule has 5 heteroatoms. The van der Waals surface area contributed by atoms with Crippen LogP contribution in [0.1, 0.15) is 25.0 Å². The van der Waals surface area contributed by atoms with Crippen molar-refractivity contribution < 1.29 is 13.9 Å². The second-order valence-corrected chi connectivity index (χ2v) is 6.22. The summed E-state index contributed by atoms with van der Waals surface area (Å²) in [5.74, 6) is 0.222. The van der Waals surface area contributed by atoms with Crippen LogP contribution in [0.5, 0.6) is 5.75 Å². The first kappa shape index (κ1) is 17.7. The molecule has 0 bridgehead atoms. The maximum Gasteiger partial charge on any atom is 0.336 e. The molecule has 3 aromatic rings. The summed E-state index contributed by atoms with van der Waals surface area (Å²) >= 11 is 0. The van der Waals surface area contributed by atoms with Crippen molar-refractivity contribution in [3.05, 3.63) is 70.1 Å². The molecule has 5 nitrogen and oxygen atoms in total. The fourth-order valence-electron chi connectivity index (χ4n) is 2.80. The van der Waals surface area contributed by atoms with Crippen LogP contribution in [-0.2, 0) is 11.2 Å². The van der Waals surface area contributed by atoms with Crippen molar-refractivity contribution in [1.82, 2.24) is 0 Å². The highest BCUT2D eigenvalue weighted by Crippen LogP contribution is 2.24. The standard InChI is InChI=1S/C21H21NO4/c1-4-15-11-20(23)26-19-12-17(8-9-18(15)19)25-14(3)21(24)22-16-7-5-6-13(2)10-16/h5-12,14H,4H2,1-3H3,(H,22,24)/t14-/m0/s1. The zero-order valence-corrected chi connectivity index (χ0v) is 15.0. The Morgan fingerprint density at radius 1 is 1.19 bits per heavy atom. The third-order valence-electron chi connectivity index (χ3n) is 4.15. The van der Waals surface area contributed by atoms with Gasteiger partial charge in [0.05, 0.1) is 0 Å². The summed E-state index contributed by atoms with van der Waals surface area (Å²) in [5.41, 5.74) is 2.78. The SMILES string of the molecule is CCc1cc(=O)oc2cc(O[C@@H](C)C(=O)Nc3cccc(C)c3)ccc12. The van der Waals surface area contributed by atoms with Crippen molar-refractivity contribution in [3.8, 4) is 5.75 Å². The third-order valence-corrected chi connectivity index (χ3v) is 4.15. The molecule has 1 N–H and O–H groups in total. The summed E-state index contributed by atoms with van der Waals surface area (Å²) in [6.45, 7) is 5.62. The largest absolute Gasteiger partial charge is 0.481 e. The first-order valence-corrected chi connectivity index (χ1v) is 8.57. The van der Waals surface area contributed by atoms with E-state index in [1.165, 1.54) is 6.07 Å². The van der Waals surface area contributed by atoms with Crippen molar-refractivity contribution in [2.24, 2.45) is 0 Å². The van der Waals surface area contributed by atoms with E-state index >= 15 is 0 Å². The van der Waals surface area contributed by atoms with Crippen LogP contribution < -0.4 is 15.7 Å². The average Bonchev–Trinajstić information content (AvgIpc) is 2.60. The minimum Gasteiger partial charge on any atom is -0.481 e. The van der Waals surface area contributed by atoms with Gasteiger partial charge in [-0.2, -0.15) is 0 Å². The lowest BCUT2D eigenvalue weighted by Crippen LogP contribution is -2.30. The molecular weight excluding hydrogens is 330 g/mol. The van der Waals surface area contributed by atoms with Gasteiger partial charge in [-0.1, -0.05) is 19.1 Å². The van der Waals surface area contributed by atoms with Gasteiger partial charge in [-0.25, -0.2) is 4.79 Å². The molecule has 0 radical (unpaired) electrons. The number of amides is 1. The zero-order valence-electron chi connectivity index (χ0n) is 15.0. The van der Waals surface area contributed by atoms with Crippen LogP contribution in [0.25, 0.3) is 11.0 Å². The molecule has 1 atom stereocenters. The number of anilines is 1. The zero-order chi connectivity index (χ0) is 18.7. The minimum absolute atomic E-state index is 0.251. The van der Waals surface area contributed by atoms with Crippen molar-refractivity contribution >= 4 is 22.6 Å². The number of nitrogens with one attached hydrogen (secondary N) is 1. The van der Waals surface area contributed by atoms with E-state index in [1.807, 2.05) is 44.2 Å². The van der Waals surface area contributed by atoms with Crippen LogP contribution in [0.3, 0.4) is 0 Å². The maximum atomic E-state index is 12.3. The van der Waals surface area contributed by atoms with Crippen LogP contribution in [0, 0.1) is 6.92 Å². The van der Waals surface area contributed by atoms with Crippen molar-refractivity contribution in [2.45, 2.75) is 33.3 Å². The summed E-state index contributed by atoms with van der Waals surface area (Å²) < 4.78 is 11.0. The Balaban J connectivity index is 1.77. The summed E-state index contributed by atoms with van der Waals surface area (Å²) in [6.07, 6.45) is 0.0338. The number of fused-ring (bicyclic) bond motifs is 1. The molecule has 0 saturated heterocycles. The number of aryl methyl sites for hydroxylation is 2. The number of benzene rings is 2. The summed E-state index contributed by atoms with van der Waals surface area (Å²) in [4.78, 5) is 24.0. The summed E-state index contributed by atoms with van der Waals surface area (Å²) in [6, 6.07) is 14.3. The molecule has 1 amide bonds. The molecule has 0 spiro atoms. The molecule has 0 aliphatic heterocycles. The molecule has 0 aliphatic rings. The Bertz CT molecular complexity index is 1010. The van der Waals surface area contributed by atoms with Gasteiger partial charge >= 0.3 is 5.63 Å². The molecular formula is C21H21NO4. The van der Waals surface area contributed by atoms with E-state index in [-0.39, 0.29) is 5.91 Å². The van der Waals surface area contributed by atoms with E-state index < -0.39 is 11.7 Å². The van der Waals surface area contributed by atoms with Gasteiger partial charge in [-0.05, 0) is 55.7 Å². The highest BCUT2D eigenvalue weighted by molar-refractivity contribution is 5.94. The Morgan fingerprint density at radius 3 is 2.73 bits per heavy atom. The van der Waals surface area contributed by atoms with E-state index in [0.29, 0.717) is 11.3 Å².